The number of benzene rings is 1. The number of rotatable bonds is 4. The zero-order chi connectivity index (χ0) is 16.2. The molecule has 0 aliphatic carbocycles. The van der Waals surface area contributed by atoms with Crippen LogP contribution in [0.2, 0.25) is 0 Å². The van der Waals surface area contributed by atoms with Crippen molar-refractivity contribution < 1.29 is 0 Å². The summed E-state index contributed by atoms with van der Waals surface area (Å²) in [7, 11) is 0. The van der Waals surface area contributed by atoms with Gasteiger partial charge in [-0.15, -0.1) is 0 Å². The van der Waals surface area contributed by atoms with E-state index in [0.29, 0.717) is 0 Å². The predicted octanol–water partition coefficient (Wildman–Crippen LogP) is 4.78. The van der Waals surface area contributed by atoms with Crippen LogP contribution in [0.1, 0.15) is 24.1 Å². The molecule has 3 aromatic rings. The first kappa shape index (κ1) is 15.6. The smallest absolute Gasteiger partial charge is 0.126 e. The molecule has 0 aliphatic rings. The Morgan fingerprint density at radius 1 is 1.00 bits per heavy atom. The summed E-state index contributed by atoms with van der Waals surface area (Å²) >= 11 is 3.47. The summed E-state index contributed by atoms with van der Waals surface area (Å²) in [6, 6.07) is 10.6. The first-order valence-electron chi connectivity index (χ1n) is 7.37. The topological polar surface area (TPSA) is 50.7 Å². The molecule has 0 radical (unpaired) electrons. The van der Waals surface area contributed by atoms with E-state index in [4.69, 9.17) is 0 Å². The van der Waals surface area contributed by atoms with Crippen molar-refractivity contribution in [2.75, 3.05) is 5.32 Å². The SMILES string of the molecule is Cc1cc(NC(C)c2ccc(-c3cncnc3)cc2)ncc1Br. The molecule has 0 bridgehead atoms. The van der Waals surface area contributed by atoms with Gasteiger partial charge in [0.15, 0.2) is 0 Å². The van der Waals surface area contributed by atoms with Crippen LogP contribution in [-0.4, -0.2) is 15.0 Å². The van der Waals surface area contributed by atoms with Crippen molar-refractivity contribution in [3.63, 3.8) is 0 Å². The minimum absolute atomic E-state index is 0.171. The zero-order valence-corrected chi connectivity index (χ0v) is 14.6. The van der Waals surface area contributed by atoms with Crippen molar-refractivity contribution >= 4 is 21.7 Å². The number of aromatic nitrogens is 3. The monoisotopic (exact) mass is 368 g/mol. The van der Waals surface area contributed by atoms with Gasteiger partial charge in [-0.05, 0) is 52.5 Å². The van der Waals surface area contributed by atoms with Gasteiger partial charge < -0.3 is 5.32 Å². The average molecular weight is 369 g/mol. The molecule has 1 N–H and O–H groups in total. The lowest BCUT2D eigenvalue weighted by atomic mass is 10.0. The molecule has 0 amide bonds. The molecule has 23 heavy (non-hydrogen) atoms. The van der Waals surface area contributed by atoms with Gasteiger partial charge in [-0.3, -0.25) is 0 Å². The Morgan fingerprint density at radius 2 is 1.70 bits per heavy atom. The molecule has 4 nitrogen and oxygen atoms in total. The van der Waals surface area contributed by atoms with Crippen LogP contribution in [0.5, 0.6) is 0 Å². The number of pyridine rings is 1. The highest BCUT2D eigenvalue weighted by Gasteiger charge is 2.08. The highest BCUT2D eigenvalue weighted by molar-refractivity contribution is 9.10. The minimum atomic E-state index is 0.171. The summed E-state index contributed by atoms with van der Waals surface area (Å²) in [6.07, 6.45) is 7.00. The standard InChI is InChI=1S/C18H17BrN4/c1-12-7-18(22-10-17(12)19)23-13(2)14-3-5-15(6-4-14)16-8-20-11-21-9-16/h3-11,13H,1-2H3,(H,22,23). The van der Waals surface area contributed by atoms with E-state index in [1.54, 1.807) is 0 Å². The van der Waals surface area contributed by atoms with Crippen LogP contribution in [0.3, 0.4) is 0 Å². The van der Waals surface area contributed by atoms with Crippen LogP contribution in [0.25, 0.3) is 11.1 Å². The van der Waals surface area contributed by atoms with Crippen molar-refractivity contribution in [2.24, 2.45) is 0 Å². The molecule has 116 valence electrons. The highest BCUT2D eigenvalue weighted by Crippen LogP contribution is 2.24. The third kappa shape index (κ3) is 3.74. The van der Waals surface area contributed by atoms with E-state index in [0.717, 1.165) is 27.0 Å². The van der Waals surface area contributed by atoms with Gasteiger partial charge in [0.25, 0.3) is 0 Å². The Bertz CT molecular complexity index is 788. The van der Waals surface area contributed by atoms with Crippen molar-refractivity contribution in [1.82, 2.24) is 15.0 Å². The molecule has 3 rings (SSSR count). The van der Waals surface area contributed by atoms with Gasteiger partial charge in [-0.25, -0.2) is 15.0 Å². The van der Waals surface area contributed by atoms with Crippen molar-refractivity contribution in [3.05, 3.63) is 70.8 Å². The Morgan fingerprint density at radius 3 is 2.35 bits per heavy atom. The molecule has 0 saturated heterocycles. The largest absolute Gasteiger partial charge is 0.364 e. The molecule has 0 fully saturated rings. The van der Waals surface area contributed by atoms with Crippen LogP contribution < -0.4 is 5.32 Å². The van der Waals surface area contributed by atoms with E-state index in [-0.39, 0.29) is 6.04 Å². The van der Waals surface area contributed by atoms with Gasteiger partial charge in [0, 0.05) is 34.7 Å². The molecule has 0 aliphatic heterocycles. The van der Waals surface area contributed by atoms with E-state index < -0.39 is 0 Å². The van der Waals surface area contributed by atoms with Gasteiger partial charge in [0.1, 0.15) is 12.1 Å². The predicted molar refractivity (Wildman–Crippen MR) is 96.2 cm³/mol. The molecule has 0 saturated carbocycles. The molecule has 1 aromatic carbocycles. The number of nitrogens with zero attached hydrogens (tertiary/aromatic N) is 3. The van der Waals surface area contributed by atoms with Crippen LogP contribution >= 0.6 is 15.9 Å². The fourth-order valence-electron chi connectivity index (χ4n) is 2.34. The van der Waals surface area contributed by atoms with Crippen molar-refractivity contribution in [2.45, 2.75) is 19.9 Å². The second-order valence-electron chi connectivity index (χ2n) is 5.43. The van der Waals surface area contributed by atoms with Crippen LogP contribution in [0.4, 0.5) is 5.82 Å². The van der Waals surface area contributed by atoms with E-state index in [9.17, 15) is 0 Å². The number of halogens is 1. The fraction of sp³-hybridized carbons (Fsp3) is 0.167. The second kappa shape index (κ2) is 6.87. The average Bonchev–Trinajstić information content (AvgIpc) is 2.59. The Hall–Kier alpha value is -2.27. The third-order valence-electron chi connectivity index (χ3n) is 3.72. The minimum Gasteiger partial charge on any atom is -0.364 e. The summed E-state index contributed by atoms with van der Waals surface area (Å²) in [5.74, 6) is 0.874. The van der Waals surface area contributed by atoms with Crippen LogP contribution in [0, 0.1) is 6.92 Å². The maximum Gasteiger partial charge on any atom is 0.126 e. The number of nitrogens with one attached hydrogen (secondary N) is 1. The molecule has 2 aromatic heterocycles. The molecule has 5 heteroatoms. The quantitative estimate of drug-likeness (QED) is 0.719. The lowest BCUT2D eigenvalue weighted by Gasteiger charge is -2.16. The molecule has 2 heterocycles. The van der Waals surface area contributed by atoms with E-state index in [1.165, 1.54) is 11.9 Å². The van der Waals surface area contributed by atoms with Gasteiger partial charge >= 0.3 is 0 Å². The molecular weight excluding hydrogens is 352 g/mol. The maximum atomic E-state index is 4.40. The zero-order valence-electron chi connectivity index (χ0n) is 13.0. The summed E-state index contributed by atoms with van der Waals surface area (Å²) in [5.41, 5.74) is 4.49. The summed E-state index contributed by atoms with van der Waals surface area (Å²) in [4.78, 5) is 12.5. The van der Waals surface area contributed by atoms with Crippen LogP contribution in [0.15, 0.2) is 59.7 Å². The van der Waals surface area contributed by atoms with E-state index in [1.807, 2.05) is 24.7 Å². The van der Waals surface area contributed by atoms with Gasteiger partial charge in [-0.1, -0.05) is 24.3 Å². The number of hydrogen-bond acceptors (Lipinski definition) is 4. The third-order valence-corrected chi connectivity index (χ3v) is 4.55. The van der Waals surface area contributed by atoms with Crippen LogP contribution in [-0.2, 0) is 0 Å². The normalized spacial score (nSPS) is 12.0. The summed E-state index contributed by atoms with van der Waals surface area (Å²) < 4.78 is 1.02. The Labute approximate surface area is 144 Å². The lowest BCUT2D eigenvalue weighted by Crippen LogP contribution is -2.08. The summed E-state index contributed by atoms with van der Waals surface area (Å²) in [6.45, 7) is 4.18. The van der Waals surface area contributed by atoms with Gasteiger partial charge in [-0.2, -0.15) is 0 Å². The van der Waals surface area contributed by atoms with E-state index >= 15 is 0 Å². The molecular formula is C18H17BrN4. The van der Waals surface area contributed by atoms with E-state index in [2.05, 4.69) is 74.3 Å². The number of anilines is 1. The first-order valence-corrected chi connectivity index (χ1v) is 8.17. The number of aryl methyl sites for hydroxylation is 1. The fourth-order valence-corrected chi connectivity index (χ4v) is 2.55. The second-order valence-corrected chi connectivity index (χ2v) is 6.29. The Kier molecular flexibility index (Phi) is 4.67. The highest BCUT2D eigenvalue weighted by atomic mass is 79.9. The summed E-state index contributed by atoms with van der Waals surface area (Å²) in [5, 5.41) is 3.43. The lowest BCUT2D eigenvalue weighted by molar-refractivity contribution is 0.874. The van der Waals surface area contributed by atoms with Crippen molar-refractivity contribution in [1.29, 1.82) is 0 Å². The first-order chi connectivity index (χ1) is 11.1. The van der Waals surface area contributed by atoms with Gasteiger partial charge in [0.2, 0.25) is 0 Å². The maximum absolute atomic E-state index is 4.40. The van der Waals surface area contributed by atoms with Gasteiger partial charge in [0.05, 0.1) is 0 Å². The Balaban J connectivity index is 1.75. The van der Waals surface area contributed by atoms with Crippen molar-refractivity contribution in [3.8, 4) is 11.1 Å². The number of hydrogen-bond donors (Lipinski definition) is 1. The molecule has 1 atom stereocenters. The molecule has 1 unspecified atom stereocenters. The molecule has 0 spiro atoms.